The van der Waals surface area contributed by atoms with E-state index in [4.69, 9.17) is 9.47 Å². The number of carbonyl (C=O) groups excluding carboxylic acids is 3. The van der Waals surface area contributed by atoms with E-state index in [9.17, 15) is 37.3 Å². The van der Waals surface area contributed by atoms with Crippen LogP contribution in [0.5, 0.6) is 0 Å². The van der Waals surface area contributed by atoms with Crippen LogP contribution in [-0.2, 0) is 38.8 Å². The number of β-lactam (4-membered cyclic amide) rings is 1. The Bertz CT molecular complexity index is 1210. The lowest BCUT2D eigenvalue weighted by atomic mass is 10.0. The Morgan fingerprint density at radius 1 is 1.35 bits per heavy atom. The molecule has 3 N–H and O–H groups in total. The molecule has 4 aliphatic rings. The van der Waals surface area contributed by atoms with E-state index in [0.29, 0.717) is 17.6 Å². The van der Waals surface area contributed by atoms with Gasteiger partial charge in [-0.05, 0) is 35.6 Å². The lowest BCUT2D eigenvalue weighted by Crippen LogP contribution is -2.71. The van der Waals surface area contributed by atoms with E-state index in [2.05, 4.69) is 5.32 Å². The molecule has 2 amide bonds. The summed E-state index contributed by atoms with van der Waals surface area (Å²) in [7, 11) is -4.88. The first-order chi connectivity index (χ1) is 16.0. The molecule has 0 aromatic rings. The molecule has 0 aromatic heterocycles. The van der Waals surface area contributed by atoms with Crippen LogP contribution >= 0.6 is 11.8 Å². The maximum Gasteiger partial charge on any atom is 0.352 e. The van der Waals surface area contributed by atoms with Gasteiger partial charge in [-0.25, -0.2) is 4.79 Å². The highest BCUT2D eigenvalue weighted by molar-refractivity contribution is 8.00. The zero-order valence-corrected chi connectivity index (χ0v) is 19.3. The van der Waals surface area contributed by atoms with Gasteiger partial charge in [-0.1, -0.05) is 0 Å². The molecule has 182 valence electrons. The number of nitrogens with zero attached hydrogens (tertiary/aromatic N) is 1. The van der Waals surface area contributed by atoms with E-state index in [1.54, 1.807) is 0 Å². The van der Waals surface area contributed by atoms with Crippen LogP contribution < -0.4 is 5.32 Å². The van der Waals surface area contributed by atoms with Gasteiger partial charge < -0.3 is 19.9 Å². The zero-order chi connectivity index (χ0) is 24.8. The Labute approximate surface area is 198 Å². The molecule has 1 saturated heterocycles. The molecule has 1 fully saturated rings. The number of hydrogen-bond acceptors (Lipinski definition) is 9. The number of hydrogen-bond donors (Lipinski definition) is 3. The molecular formula is C20H20N2O10S2. The molecule has 0 bridgehead atoms. The Morgan fingerprint density at radius 3 is 2.74 bits per heavy atom. The third-order valence-corrected chi connectivity index (χ3v) is 8.16. The Morgan fingerprint density at radius 2 is 2.09 bits per heavy atom. The fourth-order valence-electron chi connectivity index (χ4n) is 4.27. The van der Waals surface area contributed by atoms with Gasteiger partial charge in [-0.2, -0.15) is 8.42 Å². The standard InChI is InChI=1S/C20H20N2O10S2/c1-9(23)32-7-11-8-33-19-14(18(25)22(19)15(11)20(26)27)21-17(24)16(34(28,29)30)13-3-2-10-6-31-5-4-12(10)13/h4-6,14,16,19H,2-3,7-8H2,1H3,(H,21,24)(H,26,27)(H,28,29,30). The number of ether oxygens (including phenoxy) is 2. The highest BCUT2D eigenvalue weighted by Gasteiger charge is 2.55. The first-order valence-corrected chi connectivity index (χ1v) is 12.6. The summed E-state index contributed by atoms with van der Waals surface area (Å²) in [4.78, 5) is 49.6. The second-order valence-electron chi connectivity index (χ2n) is 7.85. The highest BCUT2D eigenvalue weighted by Crippen LogP contribution is 2.41. The second kappa shape index (κ2) is 8.92. The second-order valence-corrected chi connectivity index (χ2v) is 10.5. The molecule has 34 heavy (non-hydrogen) atoms. The highest BCUT2D eigenvalue weighted by atomic mass is 32.2. The summed E-state index contributed by atoms with van der Waals surface area (Å²) in [5.41, 5.74) is 1.23. The van der Waals surface area contributed by atoms with Crippen molar-refractivity contribution >= 4 is 45.6 Å². The molecule has 3 atom stereocenters. The molecule has 0 saturated carbocycles. The number of carboxylic acids is 1. The summed E-state index contributed by atoms with van der Waals surface area (Å²) < 4.78 is 44.1. The minimum absolute atomic E-state index is 0.117. The summed E-state index contributed by atoms with van der Waals surface area (Å²) in [5, 5.41) is 9.24. The van der Waals surface area contributed by atoms with Crippen LogP contribution in [0.3, 0.4) is 0 Å². The van der Waals surface area contributed by atoms with Gasteiger partial charge in [-0.15, -0.1) is 11.8 Å². The number of fused-ring (bicyclic) bond motifs is 2. The number of amides is 2. The van der Waals surface area contributed by atoms with Crippen LogP contribution in [0.4, 0.5) is 0 Å². The maximum absolute atomic E-state index is 13.0. The first kappa shape index (κ1) is 24.0. The van der Waals surface area contributed by atoms with Gasteiger partial charge in [0.05, 0.1) is 12.5 Å². The predicted octanol–water partition coefficient (Wildman–Crippen LogP) is 0.0627. The van der Waals surface area contributed by atoms with Gasteiger partial charge in [0.2, 0.25) is 5.91 Å². The zero-order valence-electron chi connectivity index (χ0n) is 17.7. The summed E-state index contributed by atoms with van der Waals surface area (Å²) >= 11 is 1.13. The molecule has 4 rings (SSSR count). The van der Waals surface area contributed by atoms with Crippen LogP contribution in [0, 0.1) is 0 Å². The molecule has 3 unspecified atom stereocenters. The van der Waals surface area contributed by atoms with Gasteiger partial charge in [-0.3, -0.25) is 23.8 Å². The normalized spacial score (nSPS) is 24.5. The summed E-state index contributed by atoms with van der Waals surface area (Å²) in [6.45, 7) is 0.869. The maximum atomic E-state index is 13.0. The van der Waals surface area contributed by atoms with E-state index >= 15 is 0 Å². The Kier molecular flexibility index (Phi) is 6.31. The first-order valence-electron chi connectivity index (χ1n) is 10.0. The number of aliphatic carboxylic acids is 1. The van der Waals surface area contributed by atoms with Crippen molar-refractivity contribution in [2.24, 2.45) is 0 Å². The topological polar surface area (TPSA) is 177 Å². The quantitative estimate of drug-likeness (QED) is 0.239. The number of esters is 1. The van der Waals surface area contributed by atoms with Gasteiger partial charge >= 0.3 is 11.9 Å². The van der Waals surface area contributed by atoms with Crippen molar-refractivity contribution in [1.29, 1.82) is 0 Å². The van der Waals surface area contributed by atoms with Crippen molar-refractivity contribution in [2.75, 3.05) is 12.4 Å². The van der Waals surface area contributed by atoms with E-state index < -0.39 is 50.5 Å². The van der Waals surface area contributed by atoms with Crippen molar-refractivity contribution < 1.29 is 46.7 Å². The van der Waals surface area contributed by atoms with Crippen LogP contribution in [0.25, 0.3) is 0 Å². The number of nitrogens with one attached hydrogen (secondary N) is 1. The van der Waals surface area contributed by atoms with Gasteiger partial charge in [0.15, 0.2) is 5.25 Å². The number of allylic oxidation sites excluding steroid dienone is 3. The molecule has 3 aliphatic heterocycles. The Hall–Kier alpha value is -3.10. The largest absolute Gasteiger partial charge is 0.477 e. The number of carbonyl (C=O) groups is 4. The third-order valence-electron chi connectivity index (χ3n) is 5.73. The Balaban J connectivity index is 1.56. The van der Waals surface area contributed by atoms with Crippen LogP contribution in [0.2, 0.25) is 0 Å². The SMILES string of the molecule is CC(=O)OCC1=C(C(=O)O)N2C(=O)C(NC(=O)C(C3=C4C=COC=C4CC3)S(=O)(=O)O)C2SC1. The fourth-order valence-corrected chi connectivity index (χ4v) is 6.54. The molecular weight excluding hydrogens is 492 g/mol. The third kappa shape index (κ3) is 4.23. The number of carboxylic acid groups (broad SMARTS) is 1. The van der Waals surface area contributed by atoms with Crippen molar-refractivity contribution in [3.8, 4) is 0 Å². The molecule has 0 radical (unpaired) electrons. The van der Waals surface area contributed by atoms with Crippen molar-refractivity contribution in [3.05, 3.63) is 46.6 Å². The average Bonchev–Trinajstić information content (AvgIpc) is 3.17. The smallest absolute Gasteiger partial charge is 0.352 e. The average molecular weight is 513 g/mol. The molecule has 0 aromatic carbocycles. The lowest BCUT2D eigenvalue weighted by Gasteiger charge is -2.49. The van der Waals surface area contributed by atoms with E-state index in [1.165, 1.54) is 25.5 Å². The number of rotatable bonds is 7. The minimum Gasteiger partial charge on any atom is -0.477 e. The van der Waals surface area contributed by atoms with Crippen molar-refractivity contribution in [3.63, 3.8) is 0 Å². The summed E-state index contributed by atoms with van der Waals surface area (Å²) in [6, 6.07) is -1.20. The van der Waals surface area contributed by atoms with Crippen LogP contribution in [0.1, 0.15) is 19.8 Å². The number of thioether (sulfide) groups is 1. The van der Waals surface area contributed by atoms with Gasteiger partial charge in [0.25, 0.3) is 16.0 Å². The van der Waals surface area contributed by atoms with Gasteiger partial charge in [0, 0.05) is 18.2 Å². The van der Waals surface area contributed by atoms with Crippen molar-refractivity contribution in [2.45, 2.75) is 36.4 Å². The monoisotopic (exact) mass is 512 g/mol. The minimum atomic E-state index is -4.88. The van der Waals surface area contributed by atoms with Gasteiger partial charge in [0.1, 0.15) is 23.7 Å². The molecule has 1 aliphatic carbocycles. The predicted molar refractivity (Wildman–Crippen MR) is 116 cm³/mol. The fraction of sp³-hybridized carbons (Fsp3) is 0.400. The molecule has 12 nitrogen and oxygen atoms in total. The lowest BCUT2D eigenvalue weighted by molar-refractivity contribution is -0.151. The molecule has 14 heteroatoms. The van der Waals surface area contributed by atoms with Crippen LogP contribution in [-0.4, -0.2) is 75.8 Å². The van der Waals surface area contributed by atoms with Crippen LogP contribution in [0.15, 0.2) is 46.6 Å². The van der Waals surface area contributed by atoms with E-state index in [-0.39, 0.29) is 35.6 Å². The molecule has 0 spiro atoms. The van der Waals surface area contributed by atoms with E-state index in [1.807, 2.05) is 0 Å². The van der Waals surface area contributed by atoms with Crippen molar-refractivity contribution in [1.82, 2.24) is 10.2 Å². The summed E-state index contributed by atoms with van der Waals surface area (Å²) in [5.74, 6) is -3.74. The summed E-state index contributed by atoms with van der Waals surface area (Å²) in [6.07, 6.45) is 4.87. The van der Waals surface area contributed by atoms with E-state index in [0.717, 1.165) is 16.7 Å². The molecule has 3 heterocycles.